The zero-order chi connectivity index (χ0) is 23.1. The first-order valence-electron chi connectivity index (χ1n) is 11.2. The molecule has 1 saturated heterocycles. The molecule has 0 saturated carbocycles. The van der Waals surface area contributed by atoms with Crippen molar-refractivity contribution in [3.05, 3.63) is 64.5 Å². The average molecular weight is 450 g/mol. The Morgan fingerprint density at radius 3 is 2.64 bits per heavy atom. The number of methoxy groups -OCH3 is 1. The number of rotatable bonds is 5. The molecule has 1 aliphatic rings. The first-order valence-corrected chi connectivity index (χ1v) is 11.2. The number of nitrogens with zero attached hydrogens (tertiary/aromatic N) is 5. The number of morpholine rings is 1. The number of fused-ring (bicyclic) bond motifs is 3. The highest BCUT2D eigenvalue weighted by atomic mass is 16.5. The lowest BCUT2D eigenvalue weighted by Gasteiger charge is -2.39. The molecule has 1 N–H and O–H groups in total. The first kappa shape index (κ1) is 21.5. The van der Waals surface area contributed by atoms with Crippen molar-refractivity contribution in [2.45, 2.75) is 45.6 Å². The van der Waals surface area contributed by atoms with Crippen LogP contribution in [0.15, 0.2) is 47.7 Å². The third-order valence-electron chi connectivity index (χ3n) is 6.37. The van der Waals surface area contributed by atoms with Crippen molar-refractivity contribution >= 4 is 16.7 Å². The van der Waals surface area contributed by atoms with Gasteiger partial charge in [-0.3, -0.25) is 9.47 Å². The monoisotopic (exact) mass is 449 g/mol. The molecule has 1 unspecified atom stereocenters. The molecule has 0 radical (unpaired) electrons. The quantitative estimate of drug-likeness (QED) is 0.464. The van der Waals surface area contributed by atoms with Crippen LogP contribution in [0.2, 0.25) is 0 Å². The summed E-state index contributed by atoms with van der Waals surface area (Å²) in [7, 11) is 1.63. The molecular formula is C24H29N6O3+. The van der Waals surface area contributed by atoms with Crippen molar-refractivity contribution in [3.63, 3.8) is 0 Å². The maximum atomic E-state index is 13.2. The van der Waals surface area contributed by atoms with Crippen LogP contribution in [0, 0.1) is 0 Å². The Balaban J connectivity index is 1.58. The molecule has 9 heteroatoms. The Kier molecular flexibility index (Phi) is 5.59. The van der Waals surface area contributed by atoms with Gasteiger partial charge in [-0.05, 0) is 54.6 Å². The number of benzene rings is 1. The van der Waals surface area contributed by atoms with Crippen LogP contribution in [0.1, 0.15) is 37.9 Å². The molecule has 1 aromatic carbocycles. The zero-order valence-corrected chi connectivity index (χ0v) is 19.4. The Morgan fingerprint density at radius 2 is 1.94 bits per heavy atom. The van der Waals surface area contributed by atoms with Crippen LogP contribution in [-0.2, 0) is 11.3 Å². The fourth-order valence-corrected chi connectivity index (χ4v) is 4.70. The van der Waals surface area contributed by atoms with Gasteiger partial charge in [0.2, 0.25) is 0 Å². The van der Waals surface area contributed by atoms with Crippen LogP contribution in [0.5, 0.6) is 5.75 Å². The predicted molar refractivity (Wildman–Crippen MR) is 123 cm³/mol. The first-order chi connectivity index (χ1) is 15.9. The van der Waals surface area contributed by atoms with Gasteiger partial charge >= 0.3 is 5.69 Å². The van der Waals surface area contributed by atoms with Crippen LogP contribution < -0.4 is 15.4 Å². The van der Waals surface area contributed by atoms with E-state index < -0.39 is 0 Å². The molecule has 4 aromatic rings. The van der Waals surface area contributed by atoms with Crippen LogP contribution in [-0.4, -0.2) is 56.5 Å². The summed E-state index contributed by atoms with van der Waals surface area (Å²) < 4.78 is 14.2. The van der Waals surface area contributed by atoms with Crippen molar-refractivity contribution in [1.29, 1.82) is 0 Å². The standard InChI is InChI=1S/C24H28N6O3/c1-15-11-28(12-16(2)33-15)17(3)19-9-21-22(25-10-19)29(24(31)30-23(21)26-14-27-30)13-18-5-7-20(32-4)8-6-18/h5-10,14-17H,11-13H2,1-4H3/p+1/t15-,16+,17?. The molecule has 172 valence electrons. The van der Waals surface area contributed by atoms with Gasteiger partial charge in [-0.15, -0.1) is 0 Å². The molecular weight excluding hydrogens is 420 g/mol. The molecule has 5 rings (SSSR count). The number of aromatic amines is 1. The molecule has 0 amide bonds. The zero-order valence-electron chi connectivity index (χ0n) is 19.4. The Labute approximate surface area is 191 Å². The lowest BCUT2D eigenvalue weighted by molar-refractivity contribution is -0.345. The second kappa shape index (κ2) is 8.57. The smallest absolute Gasteiger partial charge is 0.425 e. The van der Waals surface area contributed by atoms with E-state index in [0.29, 0.717) is 17.8 Å². The van der Waals surface area contributed by atoms with E-state index in [2.05, 4.69) is 41.8 Å². The minimum atomic E-state index is -0.237. The molecule has 3 aromatic heterocycles. The van der Waals surface area contributed by atoms with Gasteiger partial charge in [0.15, 0.2) is 5.65 Å². The van der Waals surface area contributed by atoms with Gasteiger partial charge in [-0.2, -0.15) is 0 Å². The summed E-state index contributed by atoms with van der Waals surface area (Å²) in [6.07, 6.45) is 3.80. The van der Waals surface area contributed by atoms with Crippen LogP contribution in [0.4, 0.5) is 0 Å². The van der Waals surface area contributed by atoms with Crippen molar-refractivity contribution in [3.8, 4) is 5.75 Å². The van der Waals surface area contributed by atoms with Crippen molar-refractivity contribution in [1.82, 2.24) is 24.1 Å². The van der Waals surface area contributed by atoms with E-state index in [-0.39, 0.29) is 23.9 Å². The summed E-state index contributed by atoms with van der Waals surface area (Å²) in [5.41, 5.74) is 3.10. The Morgan fingerprint density at radius 1 is 1.21 bits per heavy atom. The van der Waals surface area contributed by atoms with Gasteiger partial charge < -0.3 is 9.47 Å². The highest BCUT2D eigenvalue weighted by molar-refractivity contribution is 5.87. The summed E-state index contributed by atoms with van der Waals surface area (Å²) in [5.74, 6) is 0.775. The molecule has 4 heterocycles. The summed E-state index contributed by atoms with van der Waals surface area (Å²) in [5, 5.41) is 5.10. The van der Waals surface area contributed by atoms with Crippen molar-refractivity contribution in [2.75, 3.05) is 20.2 Å². The highest BCUT2D eigenvalue weighted by Crippen LogP contribution is 2.27. The van der Waals surface area contributed by atoms with E-state index in [1.807, 2.05) is 30.5 Å². The topological polar surface area (TPSA) is 88.0 Å². The van der Waals surface area contributed by atoms with Gasteiger partial charge in [0.25, 0.3) is 12.0 Å². The number of nitrogens with one attached hydrogen (secondary N) is 1. The van der Waals surface area contributed by atoms with Gasteiger partial charge in [-0.1, -0.05) is 12.1 Å². The van der Waals surface area contributed by atoms with Gasteiger partial charge in [-0.25, -0.2) is 14.8 Å². The van der Waals surface area contributed by atoms with E-state index in [4.69, 9.17) is 14.5 Å². The average Bonchev–Trinajstić information content (AvgIpc) is 3.31. The number of H-pyrrole nitrogens is 1. The Bertz CT molecular complexity index is 1340. The molecule has 3 atom stereocenters. The minimum absolute atomic E-state index is 0.167. The maximum absolute atomic E-state index is 13.2. The van der Waals surface area contributed by atoms with E-state index >= 15 is 0 Å². The fourth-order valence-electron chi connectivity index (χ4n) is 4.70. The third kappa shape index (κ3) is 3.98. The number of pyridine rings is 1. The second-order valence-corrected chi connectivity index (χ2v) is 8.79. The summed E-state index contributed by atoms with van der Waals surface area (Å²) >= 11 is 0. The third-order valence-corrected chi connectivity index (χ3v) is 6.37. The van der Waals surface area contributed by atoms with Crippen LogP contribution in [0.25, 0.3) is 16.7 Å². The number of hydrogen-bond donors (Lipinski definition) is 0. The number of aromatic nitrogens is 5. The van der Waals surface area contributed by atoms with Crippen LogP contribution in [0.3, 0.4) is 0 Å². The lowest BCUT2D eigenvalue weighted by Crippen LogP contribution is -2.46. The van der Waals surface area contributed by atoms with Gasteiger partial charge in [0.1, 0.15) is 5.75 Å². The number of hydrogen-bond acceptors (Lipinski definition) is 6. The molecule has 33 heavy (non-hydrogen) atoms. The van der Waals surface area contributed by atoms with Crippen LogP contribution >= 0.6 is 0 Å². The van der Waals surface area contributed by atoms with E-state index in [1.54, 1.807) is 11.7 Å². The summed E-state index contributed by atoms with van der Waals surface area (Å²) in [6, 6.07) is 9.97. The highest BCUT2D eigenvalue weighted by Gasteiger charge is 2.28. The summed E-state index contributed by atoms with van der Waals surface area (Å²) in [4.78, 5) is 23.5. The van der Waals surface area contributed by atoms with Crippen molar-refractivity contribution < 1.29 is 14.5 Å². The molecule has 0 spiro atoms. The SMILES string of the molecule is COc1ccc(Cn2c(=O)n3nc[nH+]c3c3cc(C(C)N4C[C@@H](C)O[C@@H](C)C4)cnc32)cc1. The molecule has 9 nitrogen and oxygen atoms in total. The molecule has 0 aliphatic carbocycles. The van der Waals surface area contributed by atoms with E-state index in [0.717, 1.165) is 35.4 Å². The van der Waals surface area contributed by atoms with Crippen molar-refractivity contribution in [2.24, 2.45) is 0 Å². The van der Waals surface area contributed by atoms with E-state index in [1.165, 1.54) is 10.8 Å². The van der Waals surface area contributed by atoms with E-state index in [9.17, 15) is 4.79 Å². The summed E-state index contributed by atoms with van der Waals surface area (Å²) in [6.45, 7) is 8.53. The largest absolute Gasteiger partial charge is 0.497 e. The predicted octanol–water partition coefficient (Wildman–Crippen LogP) is 2.09. The fraction of sp³-hybridized carbons (Fsp3) is 0.417. The normalized spacial score (nSPS) is 20.4. The molecule has 0 bridgehead atoms. The second-order valence-electron chi connectivity index (χ2n) is 8.79. The van der Waals surface area contributed by atoms with Gasteiger partial charge in [0.05, 0.1) is 31.2 Å². The lowest BCUT2D eigenvalue weighted by atomic mass is 10.1. The minimum Gasteiger partial charge on any atom is -0.497 e. The Hall–Kier alpha value is -3.30. The number of ether oxygens (including phenoxy) is 2. The molecule has 1 aliphatic heterocycles. The maximum Gasteiger partial charge on any atom is 0.425 e. The van der Waals surface area contributed by atoms with Gasteiger partial charge in [0, 0.05) is 30.4 Å². The molecule has 1 fully saturated rings.